The van der Waals surface area contributed by atoms with Crippen LogP contribution in [-0.2, 0) is 0 Å². The standard InChI is InChI=1S/C17H19N/c1-6-8-9-10-15-14(5)18-17(7-2)16(15)12-11-13(3)4/h6-12,18H,1-3,5H2,4H3/b9-8-,12-11-,15-10+. The van der Waals surface area contributed by atoms with Crippen LogP contribution in [0, 0.1) is 0 Å². The van der Waals surface area contributed by atoms with Crippen LogP contribution in [0.1, 0.15) is 18.2 Å². The summed E-state index contributed by atoms with van der Waals surface area (Å²) in [7, 11) is 0. The highest BCUT2D eigenvalue weighted by Crippen LogP contribution is 2.05. The predicted octanol–water partition coefficient (Wildman–Crippen LogP) is 3.18. The van der Waals surface area contributed by atoms with Crippen molar-refractivity contribution in [2.24, 2.45) is 0 Å². The number of H-pyrrole nitrogens is 1. The fraction of sp³-hybridized carbons (Fsp3) is 0.0588. The van der Waals surface area contributed by atoms with Gasteiger partial charge in [-0.15, -0.1) is 0 Å². The minimum atomic E-state index is 0.875. The summed E-state index contributed by atoms with van der Waals surface area (Å²) in [5.74, 6) is 0. The zero-order chi connectivity index (χ0) is 13.5. The molecule has 0 saturated heterocycles. The van der Waals surface area contributed by atoms with E-state index in [2.05, 4.69) is 31.3 Å². The first-order valence-corrected chi connectivity index (χ1v) is 5.76. The molecule has 0 spiro atoms. The highest BCUT2D eigenvalue weighted by Gasteiger charge is 2.01. The lowest BCUT2D eigenvalue weighted by Gasteiger charge is -1.92. The predicted molar refractivity (Wildman–Crippen MR) is 83.3 cm³/mol. The van der Waals surface area contributed by atoms with Gasteiger partial charge in [0.15, 0.2) is 0 Å². The molecule has 0 fully saturated rings. The quantitative estimate of drug-likeness (QED) is 0.757. The van der Waals surface area contributed by atoms with E-state index in [0.717, 1.165) is 27.4 Å². The summed E-state index contributed by atoms with van der Waals surface area (Å²) in [4.78, 5) is 3.21. The lowest BCUT2D eigenvalue weighted by molar-refractivity contribution is 1.30. The van der Waals surface area contributed by atoms with Gasteiger partial charge in [0.05, 0.1) is 0 Å². The number of rotatable bonds is 5. The minimum Gasteiger partial charge on any atom is -0.355 e. The Labute approximate surface area is 109 Å². The molecule has 92 valence electrons. The van der Waals surface area contributed by atoms with Crippen LogP contribution in [0.3, 0.4) is 0 Å². The molecule has 0 unspecified atom stereocenters. The molecule has 0 aromatic carbocycles. The fourth-order valence-corrected chi connectivity index (χ4v) is 1.59. The van der Waals surface area contributed by atoms with E-state index in [-0.39, 0.29) is 0 Å². The summed E-state index contributed by atoms with van der Waals surface area (Å²) in [5, 5.41) is 1.93. The summed E-state index contributed by atoms with van der Waals surface area (Å²) in [5.41, 5.74) is 3.05. The van der Waals surface area contributed by atoms with Gasteiger partial charge in [-0.2, -0.15) is 0 Å². The average Bonchev–Trinajstić information content (AvgIpc) is 2.63. The second kappa shape index (κ2) is 6.45. The number of aromatic nitrogens is 1. The van der Waals surface area contributed by atoms with Crippen molar-refractivity contribution in [2.75, 3.05) is 0 Å². The molecule has 1 heterocycles. The number of hydrogen-bond donors (Lipinski definition) is 1. The van der Waals surface area contributed by atoms with Gasteiger partial charge >= 0.3 is 0 Å². The summed E-state index contributed by atoms with van der Waals surface area (Å²) in [6.45, 7) is 17.3. The van der Waals surface area contributed by atoms with E-state index in [1.807, 2.05) is 37.3 Å². The van der Waals surface area contributed by atoms with Crippen molar-refractivity contribution in [3.05, 3.63) is 71.4 Å². The van der Waals surface area contributed by atoms with Crippen molar-refractivity contribution in [1.82, 2.24) is 4.98 Å². The van der Waals surface area contributed by atoms with Crippen molar-refractivity contribution in [2.45, 2.75) is 6.92 Å². The Hall–Kier alpha value is -2.28. The molecule has 0 saturated carbocycles. The van der Waals surface area contributed by atoms with E-state index < -0.39 is 0 Å². The van der Waals surface area contributed by atoms with Gasteiger partial charge in [-0.3, -0.25) is 0 Å². The van der Waals surface area contributed by atoms with Crippen LogP contribution in [0.25, 0.3) is 24.8 Å². The largest absolute Gasteiger partial charge is 0.355 e. The van der Waals surface area contributed by atoms with Crippen LogP contribution in [0.5, 0.6) is 0 Å². The van der Waals surface area contributed by atoms with Gasteiger partial charge in [0, 0.05) is 21.8 Å². The average molecular weight is 237 g/mol. The molecular formula is C17H19N. The topological polar surface area (TPSA) is 15.8 Å². The Balaban J connectivity index is 3.45. The summed E-state index contributed by atoms with van der Waals surface area (Å²) < 4.78 is 0. The monoisotopic (exact) mass is 237 g/mol. The minimum absolute atomic E-state index is 0.875. The summed E-state index contributed by atoms with van der Waals surface area (Å²) >= 11 is 0. The SMILES string of the molecule is C=C/C=C\C=c1\c(/C=C\C(=C)C)c(C=C)[nH]c1=C. The van der Waals surface area contributed by atoms with Gasteiger partial charge < -0.3 is 4.98 Å². The van der Waals surface area contributed by atoms with Crippen LogP contribution in [0.4, 0.5) is 0 Å². The normalized spacial score (nSPS) is 12.4. The number of aromatic amines is 1. The zero-order valence-electron chi connectivity index (χ0n) is 10.9. The molecule has 1 N–H and O–H groups in total. The van der Waals surface area contributed by atoms with Crippen LogP contribution in [0.2, 0.25) is 0 Å². The molecule has 0 bridgehead atoms. The highest BCUT2D eigenvalue weighted by atomic mass is 14.7. The van der Waals surface area contributed by atoms with Crippen molar-refractivity contribution in [3.8, 4) is 0 Å². The molecule has 1 rings (SSSR count). The molecule has 18 heavy (non-hydrogen) atoms. The smallest absolute Gasteiger partial charge is 0.0458 e. The van der Waals surface area contributed by atoms with Gasteiger partial charge in [0.25, 0.3) is 0 Å². The molecule has 0 radical (unpaired) electrons. The van der Waals surface area contributed by atoms with Crippen LogP contribution in [0.15, 0.2) is 49.6 Å². The Morgan fingerprint density at radius 1 is 1.22 bits per heavy atom. The molecule has 0 aliphatic heterocycles. The van der Waals surface area contributed by atoms with E-state index in [1.54, 1.807) is 12.2 Å². The third-order valence-electron chi connectivity index (χ3n) is 2.44. The van der Waals surface area contributed by atoms with Gasteiger partial charge in [0.2, 0.25) is 0 Å². The fourth-order valence-electron chi connectivity index (χ4n) is 1.59. The molecule has 1 heteroatoms. The number of hydrogen-bond acceptors (Lipinski definition) is 0. The van der Waals surface area contributed by atoms with Crippen molar-refractivity contribution in [3.63, 3.8) is 0 Å². The number of allylic oxidation sites excluding steroid dienone is 5. The molecular weight excluding hydrogens is 218 g/mol. The molecule has 0 atom stereocenters. The molecule has 1 aromatic rings. The first kappa shape index (κ1) is 13.8. The third-order valence-corrected chi connectivity index (χ3v) is 2.44. The second-order valence-electron chi connectivity index (χ2n) is 4.02. The van der Waals surface area contributed by atoms with Gasteiger partial charge in [-0.05, 0) is 13.0 Å². The molecule has 0 aliphatic rings. The van der Waals surface area contributed by atoms with E-state index in [4.69, 9.17) is 0 Å². The second-order valence-corrected chi connectivity index (χ2v) is 4.02. The zero-order valence-corrected chi connectivity index (χ0v) is 10.9. The van der Waals surface area contributed by atoms with Crippen molar-refractivity contribution >= 4 is 24.8 Å². The van der Waals surface area contributed by atoms with Crippen LogP contribution < -0.4 is 10.6 Å². The molecule has 1 aromatic heterocycles. The Kier molecular flexibility index (Phi) is 4.94. The van der Waals surface area contributed by atoms with E-state index >= 15 is 0 Å². The van der Waals surface area contributed by atoms with E-state index in [1.165, 1.54) is 0 Å². The molecule has 0 amide bonds. The lowest BCUT2D eigenvalue weighted by Crippen LogP contribution is -2.21. The van der Waals surface area contributed by atoms with Crippen LogP contribution in [-0.4, -0.2) is 4.98 Å². The molecule has 1 nitrogen and oxygen atoms in total. The first-order chi connectivity index (χ1) is 8.60. The Morgan fingerprint density at radius 2 is 1.94 bits per heavy atom. The highest BCUT2D eigenvalue weighted by molar-refractivity contribution is 5.66. The maximum Gasteiger partial charge on any atom is 0.0458 e. The van der Waals surface area contributed by atoms with Gasteiger partial charge in [-0.25, -0.2) is 0 Å². The van der Waals surface area contributed by atoms with E-state index in [9.17, 15) is 0 Å². The van der Waals surface area contributed by atoms with E-state index in [0.29, 0.717) is 0 Å². The maximum atomic E-state index is 4.01. The third kappa shape index (κ3) is 3.36. The Morgan fingerprint density at radius 3 is 2.50 bits per heavy atom. The maximum absolute atomic E-state index is 4.01. The Bertz CT molecular complexity index is 621. The summed E-state index contributed by atoms with van der Waals surface area (Å²) in [6.07, 6.45) is 13.4. The molecule has 0 aliphatic carbocycles. The van der Waals surface area contributed by atoms with Crippen molar-refractivity contribution < 1.29 is 0 Å². The first-order valence-electron chi connectivity index (χ1n) is 5.76. The van der Waals surface area contributed by atoms with Crippen molar-refractivity contribution in [1.29, 1.82) is 0 Å². The number of nitrogens with one attached hydrogen (secondary N) is 1. The lowest BCUT2D eigenvalue weighted by atomic mass is 10.1. The summed E-state index contributed by atoms with van der Waals surface area (Å²) in [6, 6.07) is 0. The van der Waals surface area contributed by atoms with Gasteiger partial charge in [0.1, 0.15) is 0 Å². The van der Waals surface area contributed by atoms with Crippen LogP contribution >= 0.6 is 0 Å². The van der Waals surface area contributed by atoms with Gasteiger partial charge in [-0.1, -0.05) is 68.3 Å².